The Labute approximate surface area is 89.3 Å². The van der Waals surface area contributed by atoms with Crippen LogP contribution in [0.1, 0.15) is 19.2 Å². The molecule has 0 bridgehead atoms. The highest BCUT2D eigenvalue weighted by Crippen LogP contribution is 2.06. The number of hydrogen-bond donors (Lipinski definition) is 1. The lowest BCUT2D eigenvalue weighted by atomic mass is 10.2. The minimum atomic E-state index is 0.189. The molecule has 0 radical (unpaired) electrons. The number of thioether (sulfide) groups is 1. The first-order chi connectivity index (χ1) is 6.74. The zero-order chi connectivity index (χ0) is 10.4. The molecular weight excluding hydrogens is 196 g/mol. The number of rotatable bonds is 6. The van der Waals surface area contributed by atoms with Gasteiger partial charge in [0.15, 0.2) is 0 Å². The molecule has 2 N–H and O–H groups in total. The molecule has 1 atom stereocenters. The zero-order valence-electron chi connectivity index (χ0n) is 8.81. The summed E-state index contributed by atoms with van der Waals surface area (Å²) in [5, 5.41) is 4.01. The topological polar surface area (TPSA) is 56.7 Å². The largest absolute Gasteiger partial charge is 0.327 e. The summed E-state index contributed by atoms with van der Waals surface area (Å²) >= 11 is 1.91. The first kappa shape index (κ1) is 11.5. The van der Waals surface area contributed by atoms with Crippen molar-refractivity contribution >= 4 is 11.8 Å². The molecule has 0 aromatic carbocycles. The first-order valence-corrected chi connectivity index (χ1v) is 6.05. The summed E-state index contributed by atoms with van der Waals surface area (Å²) in [6, 6.07) is 0.189. The Morgan fingerprint density at radius 3 is 3.00 bits per heavy atom. The van der Waals surface area contributed by atoms with E-state index in [4.69, 9.17) is 5.73 Å². The van der Waals surface area contributed by atoms with Crippen molar-refractivity contribution in [3.8, 4) is 0 Å². The Morgan fingerprint density at radius 1 is 1.64 bits per heavy atom. The summed E-state index contributed by atoms with van der Waals surface area (Å²) in [6.45, 7) is 2.18. The summed E-state index contributed by atoms with van der Waals surface area (Å²) in [7, 11) is 1.90. The highest BCUT2D eigenvalue weighted by molar-refractivity contribution is 7.99. The molecule has 5 heteroatoms. The fourth-order valence-corrected chi connectivity index (χ4v) is 2.05. The van der Waals surface area contributed by atoms with Gasteiger partial charge in [-0.1, -0.05) is 6.92 Å². The molecule has 0 aliphatic rings. The van der Waals surface area contributed by atoms with Crippen LogP contribution in [-0.2, 0) is 13.5 Å². The van der Waals surface area contributed by atoms with Crippen LogP contribution >= 0.6 is 11.8 Å². The Morgan fingerprint density at radius 2 is 2.43 bits per heavy atom. The molecule has 0 aliphatic carbocycles. The molecule has 0 spiro atoms. The van der Waals surface area contributed by atoms with Crippen molar-refractivity contribution in [3.05, 3.63) is 12.2 Å². The van der Waals surface area contributed by atoms with Crippen molar-refractivity contribution in [3.63, 3.8) is 0 Å². The van der Waals surface area contributed by atoms with Gasteiger partial charge in [-0.15, -0.1) is 0 Å². The summed E-state index contributed by atoms with van der Waals surface area (Å²) in [6.07, 6.45) is 3.59. The predicted octanol–water partition coefficient (Wildman–Crippen LogP) is 0.828. The maximum Gasteiger partial charge on any atom is 0.138 e. The van der Waals surface area contributed by atoms with Gasteiger partial charge in [0.05, 0.1) is 0 Å². The van der Waals surface area contributed by atoms with Crippen LogP contribution in [0.15, 0.2) is 6.33 Å². The van der Waals surface area contributed by atoms with Crippen molar-refractivity contribution in [2.45, 2.75) is 25.8 Å². The van der Waals surface area contributed by atoms with Gasteiger partial charge in [-0.3, -0.25) is 4.68 Å². The van der Waals surface area contributed by atoms with Gasteiger partial charge >= 0.3 is 0 Å². The van der Waals surface area contributed by atoms with Gasteiger partial charge in [0.25, 0.3) is 0 Å². The van der Waals surface area contributed by atoms with E-state index in [1.165, 1.54) is 12.2 Å². The van der Waals surface area contributed by atoms with Gasteiger partial charge in [-0.25, -0.2) is 4.98 Å². The second-order valence-electron chi connectivity index (χ2n) is 3.34. The molecule has 0 amide bonds. The number of hydrogen-bond acceptors (Lipinski definition) is 4. The number of aromatic nitrogens is 3. The Balaban J connectivity index is 2.27. The van der Waals surface area contributed by atoms with Crippen molar-refractivity contribution in [1.29, 1.82) is 0 Å². The van der Waals surface area contributed by atoms with Crippen molar-refractivity contribution < 1.29 is 0 Å². The predicted molar refractivity (Wildman–Crippen MR) is 60.3 cm³/mol. The second kappa shape index (κ2) is 6.03. The molecule has 4 nitrogen and oxygen atoms in total. The van der Waals surface area contributed by atoms with Crippen LogP contribution in [0.3, 0.4) is 0 Å². The third-order valence-electron chi connectivity index (χ3n) is 1.93. The van der Waals surface area contributed by atoms with E-state index in [-0.39, 0.29) is 6.04 Å². The van der Waals surface area contributed by atoms with E-state index in [0.717, 1.165) is 18.0 Å². The molecule has 1 aromatic rings. The highest BCUT2D eigenvalue weighted by Gasteiger charge is 2.07. The molecule has 0 aliphatic heterocycles. The summed E-state index contributed by atoms with van der Waals surface area (Å²) in [4.78, 5) is 4.15. The maximum absolute atomic E-state index is 5.97. The van der Waals surface area contributed by atoms with Gasteiger partial charge in [0.1, 0.15) is 12.2 Å². The highest BCUT2D eigenvalue weighted by atomic mass is 32.2. The lowest BCUT2D eigenvalue weighted by Crippen LogP contribution is -2.27. The SMILES string of the molecule is CCCSCC(N)Cc1ncnn1C. The molecule has 14 heavy (non-hydrogen) atoms. The van der Waals surface area contributed by atoms with E-state index in [0.29, 0.717) is 0 Å². The quantitative estimate of drug-likeness (QED) is 0.713. The van der Waals surface area contributed by atoms with Gasteiger partial charge in [0.2, 0.25) is 0 Å². The van der Waals surface area contributed by atoms with Gasteiger partial charge in [-0.2, -0.15) is 16.9 Å². The summed E-state index contributed by atoms with van der Waals surface area (Å²) < 4.78 is 1.78. The van der Waals surface area contributed by atoms with Crippen LogP contribution in [-0.4, -0.2) is 32.3 Å². The third kappa shape index (κ3) is 3.67. The average molecular weight is 214 g/mol. The Bertz CT molecular complexity index is 261. The molecular formula is C9H18N4S. The van der Waals surface area contributed by atoms with Crippen LogP contribution in [0.2, 0.25) is 0 Å². The average Bonchev–Trinajstić information content (AvgIpc) is 2.52. The van der Waals surface area contributed by atoms with Crippen LogP contribution in [0.4, 0.5) is 0 Å². The summed E-state index contributed by atoms with van der Waals surface area (Å²) in [5.74, 6) is 3.15. The summed E-state index contributed by atoms with van der Waals surface area (Å²) in [5.41, 5.74) is 5.97. The normalized spacial score (nSPS) is 13.1. The van der Waals surface area contributed by atoms with E-state index in [1.807, 2.05) is 18.8 Å². The van der Waals surface area contributed by atoms with E-state index in [1.54, 1.807) is 11.0 Å². The fraction of sp³-hybridized carbons (Fsp3) is 0.778. The lowest BCUT2D eigenvalue weighted by molar-refractivity contribution is 0.643. The number of nitrogens with zero attached hydrogens (tertiary/aromatic N) is 3. The molecule has 1 aromatic heterocycles. The van der Waals surface area contributed by atoms with Crippen LogP contribution in [0, 0.1) is 0 Å². The minimum absolute atomic E-state index is 0.189. The van der Waals surface area contributed by atoms with Crippen molar-refractivity contribution in [2.75, 3.05) is 11.5 Å². The Kier molecular flexibility index (Phi) is 4.97. The van der Waals surface area contributed by atoms with E-state index >= 15 is 0 Å². The van der Waals surface area contributed by atoms with Crippen LogP contribution in [0.25, 0.3) is 0 Å². The van der Waals surface area contributed by atoms with Crippen molar-refractivity contribution in [1.82, 2.24) is 14.8 Å². The first-order valence-electron chi connectivity index (χ1n) is 4.90. The van der Waals surface area contributed by atoms with Gasteiger partial charge < -0.3 is 5.73 Å². The molecule has 80 valence electrons. The van der Waals surface area contributed by atoms with E-state index < -0.39 is 0 Å². The zero-order valence-corrected chi connectivity index (χ0v) is 9.63. The third-order valence-corrected chi connectivity index (χ3v) is 3.29. The minimum Gasteiger partial charge on any atom is -0.327 e. The Hall–Kier alpha value is -0.550. The molecule has 0 fully saturated rings. The van der Waals surface area contributed by atoms with Gasteiger partial charge in [0, 0.05) is 25.3 Å². The number of nitrogens with two attached hydrogens (primary N) is 1. The smallest absolute Gasteiger partial charge is 0.138 e. The molecule has 0 saturated heterocycles. The fourth-order valence-electron chi connectivity index (χ4n) is 1.18. The second-order valence-corrected chi connectivity index (χ2v) is 4.49. The van der Waals surface area contributed by atoms with Crippen LogP contribution < -0.4 is 5.73 Å². The standard InChI is InChI=1S/C9H18N4S/c1-3-4-14-6-8(10)5-9-11-7-12-13(9)2/h7-8H,3-6,10H2,1-2H3. The maximum atomic E-state index is 5.97. The molecule has 1 unspecified atom stereocenters. The lowest BCUT2D eigenvalue weighted by Gasteiger charge is -2.09. The monoisotopic (exact) mass is 214 g/mol. The molecule has 1 heterocycles. The van der Waals surface area contributed by atoms with Gasteiger partial charge in [-0.05, 0) is 12.2 Å². The van der Waals surface area contributed by atoms with E-state index in [2.05, 4.69) is 17.0 Å². The molecule has 1 rings (SSSR count). The molecule has 0 saturated carbocycles. The van der Waals surface area contributed by atoms with Crippen LogP contribution in [0.5, 0.6) is 0 Å². The van der Waals surface area contributed by atoms with Crippen molar-refractivity contribution in [2.24, 2.45) is 12.8 Å². The number of aryl methyl sites for hydroxylation is 1. The van der Waals surface area contributed by atoms with E-state index in [9.17, 15) is 0 Å².